The Bertz CT molecular complexity index is 1220. The van der Waals surface area contributed by atoms with Crippen LogP contribution in [0.4, 0.5) is 0 Å². The zero-order chi connectivity index (χ0) is 21.9. The maximum atomic E-state index is 13.0. The first-order chi connectivity index (χ1) is 15.7. The zero-order valence-electron chi connectivity index (χ0n) is 17.7. The van der Waals surface area contributed by atoms with Crippen LogP contribution in [0.2, 0.25) is 0 Å². The van der Waals surface area contributed by atoms with Crippen molar-refractivity contribution in [1.29, 1.82) is 0 Å². The molecule has 0 spiro atoms. The number of aliphatic hydroxyl groups excluding tert-OH is 1. The number of pyridine rings is 2. The van der Waals surface area contributed by atoms with E-state index in [1.807, 2.05) is 48.0 Å². The molecule has 1 fully saturated rings. The van der Waals surface area contributed by atoms with E-state index in [-0.39, 0.29) is 11.9 Å². The van der Waals surface area contributed by atoms with Crippen LogP contribution in [0.5, 0.6) is 0 Å². The Labute approximate surface area is 191 Å². The Hall–Kier alpha value is -3.09. The van der Waals surface area contributed by atoms with E-state index in [2.05, 4.69) is 32.8 Å². The van der Waals surface area contributed by atoms with Gasteiger partial charge in [0.15, 0.2) is 0 Å². The molecular weight excluding hydrogens is 418 g/mol. The smallest absolute Gasteiger partial charge is 0.270 e. The second-order valence-corrected chi connectivity index (χ2v) is 9.14. The Balaban J connectivity index is 1.42. The number of nitrogens with zero attached hydrogens (tertiary/aromatic N) is 2. The number of carbonyl (C=O) groups is 1. The molecule has 1 saturated carbocycles. The molecule has 5 nitrogen and oxygen atoms in total. The van der Waals surface area contributed by atoms with Crippen LogP contribution in [0.1, 0.15) is 47.3 Å². The van der Waals surface area contributed by atoms with Crippen molar-refractivity contribution < 1.29 is 9.90 Å². The highest BCUT2D eigenvalue weighted by Gasteiger charge is 2.25. The number of aliphatic hydroxyl groups is 1. The number of thiophene rings is 1. The largest absolute Gasteiger partial charge is 0.391 e. The lowest BCUT2D eigenvalue weighted by atomic mass is 9.92. The molecule has 4 aromatic rings. The summed E-state index contributed by atoms with van der Waals surface area (Å²) in [5.74, 6) is -0.228. The van der Waals surface area contributed by atoms with Crippen LogP contribution in [0.25, 0.3) is 22.2 Å². The van der Waals surface area contributed by atoms with Crippen molar-refractivity contribution in [1.82, 2.24) is 15.3 Å². The van der Waals surface area contributed by atoms with Gasteiger partial charge in [-0.15, -0.1) is 0 Å². The van der Waals surface area contributed by atoms with E-state index < -0.39 is 6.10 Å². The molecule has 6 heteroatoms. The Morgan fingerprint density at radius 1 is 1.12 bits per heavy atom. The highest BCUT2D eigenvalue weighted by molar-refractivity contribution is 7.08. The Morgan fingerprint density at radius 3 is 2.78 bits per heavy atom. The van der Waals surface area contributed by atoms with Gasteiger partial charge in [-0.05, 0) is 60.0 Å². The van der Waals surface area contributed by atoms with E-state index >= 15 is 0 Å². The maximum absolute atomic E-state index is 13.0. The minimum absolute atomic E-state index is 0.207. The van der Waals surface area contributed by atoms with Crippen molar-refractivity contribution in [3.05, 3.63) is 82.3 Å². The lowest BCUT2D eigenvalue weighted by molar-refractivity contribution is 0.0714. The molecule has 0 saturated heterocycles. The van der Waals surface area contributed by atoms with Gasteiger partial charge in [0.2, 0.25) is 0 Å². The van der Waals surface area contributed by atoms with Crippen LogP contribution in [-0.2, 0) is 6.42 Å². The highest BCUT2D eigenvalue weighted by Crippen LogP contribution is 2.24. The Morgan fingerprint density at radius 2 is 2.00 bits per heavy atom. The second kappa shape index (κ2) is 9.18. The SMILES string of the molecule is O=C(NC1CCCCC1O)c1cc(Cc2ccc(-c3ccsc3)nc2)c2ccccc2n1. The summed E-state index contributed by atoms with van der Waals surface area (Å²) >= 11 is 1.66. The predicted octanol–water partition coefficient (Wildman–Crippen LogP) is 4.98. The molecule has 0 aliphatic heterocycles. The predicted molar refractivity (Wildman–Crippen MR) is 128 cm³/mol. The fourth-order valence-electron chi connectivity index (χ4n) is 4.36. The summed E-state index contributed by atoms with van der Waals surface area (Å²) in [5, 5.41) is 18.4. The normalized spacial score (nSPS) is 18.5. The van der Waals surface area contributed by atoms with Gasteiger partial charge >= 0.3 is 0 Å². The number of hydrogen-bond acceptors (Lipinski definition) is 5. The average Bonchev–Trinajstić information content (AvgIpc) is 3.36. The van der Waals surface area contributed by atoms with E-state index in [0.29, 0.717) is 12.1 Å². The fourth-order valence-corrected chi connectivity index (χ4v) is 5.01. The number of hydrogen-bond donors (Lipinski definition) is 2. The molecule has 32 heavy (non-hydrogen) atoms. The van der Waals surface area contributed by atoms with Crippen molar-refractivity contribution in [3.63, 3.8) is 0 Å². The number of aromatic nitrogens is 2. The van der Waals surface area contributed by atoms with Crippen molar-refractivity contribution in [2.45, 2.75) is 44.2 Å². The van der Waals surface area contributed by atoms with Crippen LogP contribution in [-0.4, -0.2) is 33.1 Å². The van der Waals surface area contributed by atoms with Crippen LogP contribution in [0.15, 0.2) is 65.5 Å². The highest BCUT2D eigenvalue weighted by atomic mass is 32.1. The third-order valence-corrected chi connectivity index (χ3v) is 6.80. The van der Waals surface area contributed by atoms with Crippen LogP contribution in [0.3, 0.4) is 0 Å². The number of amides is 1. The van der Waals surface area contributed by atoms with E-state index in [1.54, 1.807) is 11.3 Å². The van der Waals surface area contributed by atoms with Gasteiger partial charge < -0.3 is 10.4 Å². The van der Waals surface area contributed by atoms with Gasteiger partial charge in [0, 0.05) is 22.5 Å². The first-order valence-electron chi connectivity index (χ1n) is 11.0. The molecule has 1 aliphatic carbocycles. The van der Waals surface area contributed by atoms with Crippen LogP contribution >= 0.6 is 11.3 Å². The molecule has 0 radical (unpaired) electrons. The molecule has 5 rings (SSSR count). The standard InChI is InChI=1S/C26H25N3O2S/c30-25-8-4-3-7-23(25)29-26(31)24-14-19(20-5-1-2-6-22(20)28-24)13-17-9-10-21(27-15-17)18-11-12-32-16-18/h1-2,5-6,9-12,14-16,23,25,30H,3-4,7-8,13H2,(H,29,31). The number of nitrogens with one attached hydrogen (secondary N) is 1. The van der Waals surface area contributed by atoms with Crippen LogP contribution < -0.4 is 5.32 Å². The third-order valence-electron chi connectivity index (χ3n) is 6.12. The van der Waals surface area contributed by atoms with Gasteiger partial charge in [0.05, 0.1) is 23.4 Å². The molecular formula is C26H25N3O2S. The molecule has 162 valence electrons. The fraction of sp³-hybridized carbons (Fsp3) is 0.269. The summed E-state index contributed by atoms with van der Waals surface area (Å²) in [6.45, 7) is 0. The summed E-state index contributed by atoms with van der Waals surface area (Å²) in [6.07, 6.45) is 5.64. The molecule has 1 amide bonds. The van der Waals surface area contributed by atoms with Gasteiger partial charge in [0.1, 0.15) is 5.69 Å². The number of carbonyl (C=O) groups excluding carboxylic acids is 1. The topological polar surface area (TPSA) is 75.1 Å². The maximum Gasteiger partial charge on any atom is 0.270 e. The lowest BCUT2D eigenvalue weighted by Crippen LogP contribution is -2.45. The summed E-state index contributed by atoms with van der Waals surface area (Å²) < 4.78 is 0. The van der Waals surface area contributed by atoms with E-state index in [0.717, 1.165) is 59.0 Å². The van der Waals surface area contributed by atoms with Gasteiger partial charge in [-0.3, -0.25) is 9.78 Å². The van der Waals surface area contributed by atoms with Gasteiger partial charge in [-0.2, -0.15) is 11.3 Å². The molecule has 1 aliphatic rings. The van der Waals surface area contributed by atoms with Crippen molar-refractivity contribution >= 4 is 28.1 Å². The number of fused-ring (bicyclic) bond motifs is 1. The average molecular weight is 444 g/mol. The van der Waals surface area contributed by atoms with E-state index in [9.17, 15) is 9.90 Å². The van der Waals surface area contributed by atoms with E-state index in [1.165, 1.54) is 0 Å². The quantitative estimate of drug-likeness (QED) is 0.456. The number of rotatable bonds is 5. The second-order valence-electron chi connectivity index (χ2n) is 8.36. The monoisotopic (exact) mass is 443 g/mol. The van der Waals surface area contributed by atoms with Crippen molar-refractivity contribution in [3.8, 4) is 11.3 Å². The minimum atomic E-state index is -0.486. The number of benzene rings is 1. The van der Waals surface area contributed by atoms with Crippen molar-refractivity contribution in [2.75, 3.05) is 0 Å². The van der Waals surface area contributed by atoms with E-state index in [4.69, 9.17) is 0 Å². The van der Waals surface area contributed by atoms with Crippen molar-refractivity contribution in [2.24, 2.45) is 0 Å². The molecule has 3 aromatic heterocycles. The molecule has 2 unspecified atom stereocenters. The summed E-state index contributed by atoms with van der Waals surface area (Å²) in [6, 6.07) is 15.8. The molecule has 3 heterocycles. The third kappa shape index (κ3) is 4.42. The lowest BCUT2D eigenvalue weighted by Gasteiger charge is -2.28. The van der Waals surface area contributed by atoms with Gasteiger partial charge in [-0.25, -0.2) is 4.98 Å². The summed E-state index contributed by atoms with van der Waals surface area (Å²) in [5.41, 5.74) is 5.38. The molecule has 2 N–H and O–H groups in total. The summed E-state index contributed by atoms with van der Waals surface area (Å²) in [7, 11) is 0. The minimum Gasteiger partial charge on any atom is -0.391 e. The number of para-hydroxylation sites is 1. The Kier molecular flexibility index (Phi) is 5.97. The molecule has 1 aromatic carbocycles. The summed E-state index contributed by atoms with van der Waals surface area (Å²) in [4.78, 5) is 22.2. The zero-order valence-corrected chi connectivity index (χ0v) is 18.5. The van der Waals surface area contributed by atoms with Gasteiger partial charge in [-0.1, -0.05) is 37.1 Å². The molecule has 2 atom stereocenters. The first-order valence-corrected chi connectivity index (χ1v) is 12.0. The van der Waals surface area contributed by atoms with Crippen LogP contribution in [0, 0.1) is 0 Å². The molecule has 0 bridgehead atoms. The first kappa shape index (κ1) is 20.8. The van der Waals surface area contributed by atoms with Gasteiger partial charge in [0.25, 0.3) is 5.91 Å².